The van der Waals surface area contributed by atoms with Crippen molar-refractivity contribution in [3.05, 3.63) is 54.5 Å². The number of likely N-dealkylation sites (tertiary alicyclic amines) is 1. The Balaban J connectivity index is 1.37. The number of methoxy groups -OCH3 is 1. The molecule has 1 aromatic carbocycles. The summed E-state index contributed by atoms with van der Waals surface area (Å²) in [5.41, 5.74) is 2.92. The Morgan fingerprint density at radius 3 is 2.74 bits per heavy atom. The Morgan fingerprint density at radius 1 is 1.12 bits per heavy atom. The van der Waals surface area contributed by atoms with Crippen molar-refractivity contribution < 1.29 is 17.9 Å². The van der Waals surface area contributed by atoms with E-state index in [-0.39, 0.29) is 29.5 Å². The van der Waals surface area contributed by atoms with E-state index in [4.69, 9.17) is 9.72 Å². The lowest BCUT2D eigenvalue weighted by Gasteiger charge is -2.34. The number of carbonyl (C=O) groups excluding carboxylic acids is 1. The van der Waals surface area contributed by atoms with Crippen LogP contribution in [0, 0.1) is 0 Å². The Hall–Kier alpha value is -3.07. The van der Waals surface area contributed by atoms with Crippen molar-refractivity contribution in [1.82, 2.24) is 19.6 Å². The smallest absolute Gasteiger partial charge is 0.317 e. The number of pyridine rings is 1. The first kappa shape index (κ1) is 22.7. The normalized spacial score (nSPS) is 20.9. The van der Waals surface area contributed by atoms with E-state index in [0.717, 1.165) is 41.2 Å². The standard InChI is InChI=1S/C25H30N4O4S/c1-33-21-8-4-6-18(16-21)23-22-9-2-3-13-29(22)24(27-23)19-7-5-12-28(17-19)25(30)26-20-10-14-34(31,32)15-11-20/h2-4,6,8-9,13,16,19-20H,5,7,10-12,14-15,17H2,1H3,(H,26,30)/t19-/m1/s1. The number of benzene rings is 1. The van der Waals surface area contributed by atoms with Gasteiger partial charge < -0.3 is 19.4 Å². The lowest BCUT2D eigenvalue weighted by atomic mass is 9.97. The highest BCUT2D eigenvalue weighted by atomic mass is 32.2. The largest absolute Gasteiger partial charge is 0.497 e. The third-order valence-corrected chi connectivity index (χ3v) is 8.59. The second kappa shape index (κ2) is 9.29. The Labute approximate surface area is 199 Å². The number of urea groups is 1. The van der Waals surface area contributed by atoms with Crippen LogP contribution < -0.4 is 10.1 Å². The van der Waals surface area contributed by atoms with Gasteiger partial charge in [-0.25, -0.2) is 18.2 Å². The second-order valence-electron chi connectivity index (χ2n) is 9.17. The number of amides is 2. The lowest BCUT2D eigenvalue weighted by molar-refractivity contribution is 0.173. The van der Waals surface area contributed by atoms with E-state index < -0.39 is 9.84 Å². The SMILES string of the molecule is COc1cccc(-c2nc([C@@H]3CCCN(C(=O)NC4CCS(=O)(=O)CC4)C3)n3ccccc23)c1. The Bertz CT molecular complexity index is 1290. The van der Waals surface area contributed by atoms with Crippen LogP contribution in [0.4, 0.5) is 4.79 Å². The first-order valence-corrected chi connectivity index (χ1v) is 13.6. The number of nitrogens with zero attached hydrogens (tertiary/aromatic N) is 3. The number of hydrogen-bond donors (Lipinski definition) is 1. The molecule has 0 radical (unpaired) electrons. The zero-order chi connectivity index (χ0) is 23.7. The number of sulfone groups is 1. The number of hydrogen-bond acceptors (Lipinski definition) is 5. The number of rotatable bonds is 4. The van der Waals surface area contributed by atoms with Crippen molar-refractivity contribution in [2.24, 2.45) is 0 Å². The number of nitrogens with one attached hydrogen (secondary N) is 1. The van der Waals surface area contributed by atoms with Crippen LogP contribution in [0.1, 0.15) is 37.4 Å². The van der Waals surface area contributed by atoms with Crippen LogP contribution >= 0.6 is 0 Å². The molecule has 0 unspecified atom stereocenters. The van der Waals surface area contributed by atoms with Gasteiger partial charge in [0.1, 0.15) is 21.4 Å². The number of aromatic nitrogens is 2. The van der Waals surface area contributed by atoms with Crippen LogP contribution in [0.25, 0.3) is 16.8 Å². The van der Waals surface area contributed by atoms with E-state index in [1.165, 1.54) is 0 Å². The molecule has 2 fully saturated rings. The van der Waals surface area contributed by atoms with E-state index in [2.05, 4.69) is 15.8 Å². The maximum atomic E-state index is 13.0. The van der Waals surface area contributed by atoms with Gasteiger partial charge in [0.15, 0.2) is 0 Å². The van der Waals surface area contributed by atoms with Gasteiger partial charge in [-0.3, -0.25) is 0 Å². The minimum absolute atomic E-state index is 0.0803. The summed E-state index contributed by atoms with van der Waals surface area (Å²) < 4.78 is 30.9. The van der Waals surface area contributed by atoms with E-state index in [0.29, 0.717) is 25.9 Å². The van der Waals surface area contributed by atoms with Crippen LogP contribution in [0.5, 0.6) is 5.75 Å². The Morgan fingerprint density at radius 2 is 1.94 bits per heavy atom. The van der Waals surface area contributed by atoms with Gasteiger partial charge in [-0.15, -0.1) is 0 Å². The van der Waals surface area contributed by atoms with Crippen molar-refractivity contribution in [3.63, 3.8) is 0 Å². The quantitative estimate of drug-likeness (QED) is 0.615. The van der Waals surface area contributed by atoms with Crippen molar-refractivity contribution >= 4 is 21.4 Å². The summed E-state index contributed by atoms with van der Waals surface area (Å²) in [5.74, 6) is 2.14. The van der Waals surface area contributed by atoms with Crippen molar-refractivity contribution in [2.75, 3.05) is 31.7 Å². The van der Waals surface area contributed by atoms with Crippen molar-refractivity contribution in [3.8, 4) is 17.0 Å². The maximum absolute atomic E-state index is 13.0. The van der Waals surface area contributed by atoms with Crippen molar-refractivity contribution in [1.29, 1.82) is 0 Å². The number of fused-ring (bicyclic) bond motifs is 1. The summed E-state index contributed by atoms with van der Waals surface area (Å²) in [7, 11) is -1.29. The molecule has 9 heteroatoms. The van der Waals surface area contributed by atoms with Gasteiger partial charge in [0.05, 0.1) is 29.8 Å². The van der Waals surface area contributed by atoms with Crippen LogP contribution in [0.2, 0.25) is 0 Å². The number of piperidine rings is 1. The Kier molecular flexibility index (Phi) is 6.20. The molecule has 3 aromatic rings. The van der Waals surface area contributed by atoms with Crippen LogP contribution in [0.3, 0.4) is 0 Å². The fourth-order valence-electron chi connectivity index (χ4n) is 5.00. The van der Waals surface area contributed by atoms with E-state index >= 15 is 0 Å². The summed E-state index contributed by atoms with van der Waals surface area (Å²) >= 11 is 0. The topological polar surface area (TPSA) is 93.0 Å². The minimum atomic E-state index is -2.95. The molecule has 8 nitrogen and oxygen atoms in total. The zero-order valence-corrected chi connectivity index (χ0v) is 20.1. The number of ether oxygens (including phenoxy) is 1. The van der Waals surface area contributed by atoms with Gasteiger partial charge >= 0.3 is 6.03 Å². The molecule has 2 amide bonds. The van der Waals surface area contributed by atoms with Gasteiger partial charge in [0.2, 0.25) is 0 Å². The molecule has 2 aliphatic heterocycles. The third kappa shape index (κ3) is 4.61. The average molecular weight is 483 g/mol. The summed E-state index contributed by atoms with van der Waals surface area (Å²) in [6.45, 7) is 1.28. The molecule has 0 spiro atoms. The summed E-state index contributed by atoms with van der Waals surface area (Å²) in [5, 5.41) is 3.06. The average Bonchev–Trinajstić information content (AvgIpc) is 3.25. The predicted octanol–water partition coefficient (Wildman–Crippen LogP) is 3.48. The molecule has 4 heterocycles. The van der Waals surface area contributed by atoms with E-state index in [1.807, 2.05) is 47.5 Å². The molecule has 1 atom stereocenters. The molecule has 0 aliphatic carbocycles. The van der Waals surface area contributed by atoms with E-state index in [1.54, 1.807) is 7.11 Å². The molecule has 180 valence electrons. The predicted molar refractivity (Wildman–Crippen MR) is 131 cm³/mol. The first-order chi connectivity index (χ1) is 16.4. The highest BCUT2D eigenvalue weighted by Gasteiger charge is 2.31. The molecule has 0 saturated carbocycles. The van der Waals surface area contributed by atoms with Gasteiger partial charge in [-0.05, 0) is 49.9 Å². The molecule has 34 heavy (non-hydrogen) atoms. The second-order valence-corrected chi connectivity index (χ2v) is 11.5. The summed E-state index contributed by atoms with van der Waals surface area (Å²) in [6, 6.07) is 13.8. The third-order valence-electron chi connectivity index (χ3n) is 6.87. The van der Waals surface area contributed by atoms with Gasteiger partial charge in [-0.1, -0.05) is 18.2 Å². The van der Waals surface area contributed by atoms with Gasteiger partial charge in [0.25, 0.3) is 0 Å². The molecule has 2 saturated heterocycles. The highest BCUT2D eigenvalue weighted by molar-refractivity contribution is 7.91. The van der Waals surface area contributed by atoms with Crippen LogP contribution in [0.15, 0.2) is 48.7 Å². The monoisotopic (exact) mass is 482 g/mol. The van der Waals surface area contributed by atoms with E-state index in [9.17, 15) is 13.2 Å². The fourth-order valence-corrected chi connectivity index (χ4v) is 6.50. The molecule has 0 bridgehead atoms. The maximum Gasteiger partial charge on any atom is 0.317 e. The van der Waals surface area contributed by atoms with Gasteiger partial charge in [-0.2, -0.15) is 0 Å². The van der Waals surface area contributed by atoms with Crippen LogP contribution in [-0.4, -0.2) is 66.5 Å². The molecule has 2 aliphatic rings. The van der Waals surface area contributed by atoms with Crippen molar-refractivity contribution in [2.45, 2.75) is 37.6 Å². The minimum Gasteiger partial charge on any atom is -0.497 e. The number of carbonyl (C=O) groups is 1. The molecular formula is C25H30N4O4S. The van der Waals surface area contributed by atoms with Crippen LogP contribution in [-0.2, 0) is 9.84 Å². The molecule has 1 N–H and O–H groups in total. The fraction of sp³-hybridized carbons (Fsp3) is 0.440. The summed E-state index contributed by atoms with van der Waals surface area (Å²) in [4.78, 5) is 19.9. The zero-order valence-electron chi connectivity index (χ0n) is 19.3. The lowest BCUT2D eigenvalue weighted by Crippen LogP contribution is -2.50. The summed E-state index contributed by atoms with van der Waals surface area (Å²) in [6.07, 6.45) is 4.85. The first-order valence-electron chi connectivity index (χ1n) is 11.8. The van der Waals surface area contributed by atoms with Gasteiger partial charge in [0, 0.05) is 36.8 Å². The molecular weight excluding hydrogens is 452 g/mol. The molecule has 2 aromatic heterocycles. The molecule has 5 rings (SSSR count). The highest BCUT2D eigenvalue weighted by Crippen LogP contribution is 2.33. The number of imidazole rings is 1.